The van der Waals surface area contributed by atoms with Crippen molar-refractivity contribution >= 4 is 17.6 Å². The molecule has 0 fully saturated rings. The van der Waals surface area contributed by atoms with E-state index in [-0.39, 0.29) is 0 Å². The molecule has 0 aliphatic rings. The third kappa shape index (κ3) is 2.75. The number of carboxylic acids is 1. The molecule has 6 heteroatoms. The van der Waals surface area contributed by atoms with E-state index in [0.29, 0.717) is 10.7 Å². The van der Waals surface area contributed by atoms with Crippen LogP contribution in [0.25, 0.3) is 11.3 Å². The van der Waals surface area contributed by atoms with Crippen LogP contribution in [0.4, 0.5) is 0 Å². The molecular weight excluding hydrogens is 256 g/mol. The second-order valence-corrected chi connectivity index (χ2v) is 4.05. The zero-order chi connectivity index (χ0) is 13.1. The number of carboxylic acid groups (broad SMARTS) is 1. The van der Waals surface area contributed by atoms with Gasteiger partial charge in [0.25, 0.3) is 5.56 Å². The zero-order valence-electron chi connectivity index (χ0n) is 9.21. The fourth-order valence-electron chi connectivity index (χ4n) is 1.49. The number of halogens is 1. The molecule has 0 unspecified atom stereocenters. The third-order valence-electron chi connectivity index (χ3n) is 2.27. The summed E-state index contributed by atoms with van der Waals surface area (Å²) in [4.78, 5) is 22.0. The molecule has 2 rings (SSSR count). The van der Waals surface area contributed by atoms with Crippen molar-refractivity contribution in [2.24, 2.45) is 0 Å². The molecule has 0 spiro atoms. The Bertz CT molecular complexity index is 652. The largest absolute Gasteiger partial charge is 0.480 e. The molecule has 0 bridgehead atoms. The summed E-state index contributed by atoms with van der Waals surface area (Å²) in [5, 5.41) is 13.2. The van der Waals surface area contributed by atoms with E-state index < -0.39 is 18.1 Å². The molecule has 5 nitrogen and oxygen atoms in total. The van der Waals surface area contributed by atoms with E-state index in [4.69, 9.17) is 16.7 Å². The summed E-state index contributed by atoms with van der Waals surface area (Å²) in [5.74, 6) is -1.12. The minimum atomic E-state index is -1.12. The first-order valence-corrected chi connectivity index (χ1v) is 5.50. The maximum atomic E-state index is 11.4. The van der Waals surface area contributed by atoms with Crippen LogP contribution in [0.1, 0.15) is 0 Å². The highest BCUT2D eigenvalue weighted by molar-refractivity contribution is 6.30. The lowest BCUT2D eigenvalue weighted by Crippen LogP contribution is -2.26. The van der Waals surface area contributed by atoms with Crippen LogP contribution in [0.5, 0.6) is 0 Å². The van der Waals surface area contributed by atoms with Crippen LogP contribution in [-0.4, -0.2) is 20.9 Å². The van der Waals surface area contributed by atoms with Gasteiger partial charge in [-0.05, 0) is 18.2 Å². The molecule has 0 radical (unpaired) electrons. The van der Waals surface area contributed by atoms with Crippen LogP contribution < -0.4 is 5.56 Å². The Hall–Kier alpha value is -2.14. The Balaban J connectivity index is 2.47. The van der Waals surface area contributed by atoms with Gasteiger partial charge in [-0.15, -0.1) is 0 Å². The molecule has 1 heterocycles. The second-order valence-electron chi connectivity index (χ2n) is 3.62. The molecule has 0 amide bonds. The van der Waals surface area contributed by atoms with Gasteiger partial charge in [0.1, 0.15) is 6.54 Å². The first-order chi connectivity index (χ1) is 8.56. The molecule has 0 saturated carbocycles. The van der Waals surface area contributed by atoms with Crippen molar-refractivity contribution in [1.82, 2.24) is 9.78 Å². The van der Waals surface area contributed by atoms with E-state index >= 15 is 0 Å². The van der Waals surface area contributed by atoms with E-state index in [0.717, 1.165) is 10.2 Å². The van der Waals surface area contributed by atoms with Gasteiger partial charge in [-0.1, -0.05) is 23.7 Å². The molecule has 0 atom stereocenters. The molecule has 0 saturated heterocycles. The third-order valence-corrected chi connectivity index (χ3v) is 2.51. The Morgan fingerprint density at radius 2 is 2.11 bits per heavy atom. The molecular formula is C12H9ClN2O3. The summed E-state index contributed by atoms with van der Waals surface area (Å²) in [6.45, 7) is -0.465. The number of aliphatic carboxylic acids is 1. The van der Waals surface area contributed by atoms with Gasteiger partial charge in [-0.2, -0.15) is 5.10 Å². The number of benzene rings is 1. The first kappa shape index (κ1) is 12.3. The summed E-state index contributed by atoms with van der Waals surface area (Å²) in [6.07, 6.45) is 0. The number of carbonyl (C=O) groups is 1. The van der Waals surface area contributed by atoms with Gasteiger partial charge in [0.15, 0.2) is 0 Å². The highest BCUT2D eigenvalue weighted by Crippen LogP contribution is 2.19. The van der Waals surface area contributed by atoms with Crippen molar-refractivity contribution in [2.45, 2.75) is 6.54 Å². The van der Waals surface area contributed by atoms with Gasteiger partial charge in [-0.25, -0.2) is 4.68 Å². The van der Waals surface area contributed by atoms with Gasteiger partial charge < -0.3 is 5.11 Å². The van der Waals surface area contributed by atoms with E-state index in [9.17, 15) is 9.59 Å². The van der Waals surface area contributed by atoms with Crippen LogP contribution in [0, 0.1) is 0 Å². The lowest BCUT2D eigenvalue weighted by Gasteiger charge is -2.05. The quantitative estimate of drug-likeness (QED) is 0.915. The van der Waals surface area contributed by atoms with Crippen LogP contribution in [-0.2, 0) is 11.3 Å². The fraction of sp³-hybridized carbons (Fsp3) is 0.0833. The Morgan fingerprint density at radius 1 is 1.33 bits per heavy atom. The number of aromatic nitrogens is 2. The first-order valence-electron chi connectivity index (χ1n) is 5.12. The fourth-order valence-corrected chi connectivity index (χ4v) is 1.68. The van der Waals surface area contributed by atoms with Crippen molar-refractivity contribution < 1.29 is 9.90 Å². The number of hydrogen-bond donors (Lipinski definition) is 1. The molecule has 1 N–H and O–H groups in total. The van der Waals surface area contributed by atoms with E-state index in [1.807, 2.05) is 0 Å². The number of rotatable bonds is 3. The molecule has 1 aromatic carbocycles. The predicted octanol–water partition coefficient (Wildman–Crippen LogP) is 1.65. The van der Waals surface area contributed by atoms with E-state index in [1.165, 1.54) is 12.1 Å². The smallest absolute Gasteiger partial charge is 0.325 e. The topological polar surface area (TPSA) is 72.2 Å². The summed E-state index contributed by atoms with van der Waals surface area (Å²) < 4.78 is 0.901. The minimum absolute atomic E-state index is 0.455. The van der Waals surface area contributed by atoms with Crippen molar-refractivity contribution in [1.29, 1.82) is 0 Å². The standard InChI is InChI=1S/C12H9ClN2O3/c13-9-3-1-2-8(6-9)10-4-5-11(16)15(14-10)7-12(17)18/h1-6H,7H2,(H,17,18). The zero-order valence-corrected chi connectivity index (χ0v) is 9.96. The van der Waals surface area contributed by atoms with Gasteiger partial charge >= 0.3 is 5.97 Å². The van der Waals surface area contributed by atoms with Crippen LogP contribution >= 0.6 is 11.6 Å². The summed E-state index contributed by atoms with van der Waals surface area (Å²) >= 11 is 5.86. The summed E-state index contributed by atoms with van der Waals surface area (Å²) in [6, 6.07) is 9.77. The van der Waals surface area contributed by atoms with Crippen molar-refractivity contribution in [3.63, 3.8) is 0 Å². The van der Waals surface area contributed by atoms with E-state index in [2.05, 4.69) is 5.10 Å². The maximum absolute atomic E-state index is 11.4. The Morgan fingerprint density at radius 3 is 2.78 bits per heavy atom. The summed E-state index contributed by atoms with van der Waals surface area (Å²) in [5.41, 5.74) is 0.767. The van der Waals surface area contributed by atoms with E-state index in [1.54, 1.807) is 24.3 Å². The highest BCUT2D eigenvalue weighted by atomic mass is 35.5. The van der Waals surface area contributed by atoms with Gasteiger partial charge in [0, 0.05) is 16.7 Å². The molecule has 0 aliphatic carbocycles. The normalized spacial score (nSPS) is 10.3. The molecule has 1 aromatic heterocycles. The number of hydrogen-bond acceptors (Lipinski definition) is 3. The monoisotopic (exact) mass is 264 g/mol. The average Bonchev–Trinajstić information content (AvgIpc) is 2.31. The van der Waals surface area contributed by atoms with Crippen molar-refractivity contribution in [3.05, 3.63) is 51.8 Å². The maximum Gasteiger partial charge on any atom is 0.325 e. The lowest BCUT2D eigenvalue weighted by atomic mass is 10.1. The lowest BCUT2D eigenvalue weighted by molar-refractivity contribution is -0.138. The predicted molar refractivity (Wildman–Crippen MR) is 66.6 cm³/mol. The second kappa shape index (κ2) is 5.01. The average molecular weight is 265 g/mol. The van der Waals surface area contributed by atoms with Gasteiger partial charge in [0.05, 0.1) is 5.69 Å². The minimum Gasteiger partial charge on any atom is -0.480 e. The molecule has 0 aliphatic heterocycles. The van der Waals surface area contributed by atoms with Gasteiger partial charge in [0.2, 0.25) is 0 Å². The van der Waals surface area contributed by atoms with Crippen LogP contribution in [0.3, 0.4) is 0 Å². The van der Waals surface area contributed by atoms with Crippen molar-refractivity contribution in [3.8, 4) is 11.3 Å². The molecule has 18 heavy (non-hydrogen) atoms. The Labute approximate surface area is 107 Å². The SMILES string of the molecule is O=C(O)Cn1nc(-c2cccc(Cl)c2)ccc1=O. The number of nitrogens with zero attached hydrogens (tertiary/aromatic N) is 2. The molecule has 92 valence electrons. The van der Waals surface area contributed by atoms with Crippen LogP contribution in [0.2, 0.25) is 5.02 Å². The van der Waals surface area contributed by atoms with Crippen molar-refractivity contribution in [2.75, 3.05) is 0 Å². The molecule has 2 aromatic rings. The highest BCUT2D eigenvalue weighted by Gasteiger charge is 2.06. The Kier molecular flexibility index (Phi) is 3.43. The summed E-state index contributed by atoms with van der Waals surface area (Å²) in [7, 11) is 0. The van der Waals surface area contributed by atoms with Gasteiger partial charge in [-0.3, -0.25) is 9.59 Å². The van der Waals surface area contributed by atoms with Crippen LogP contribution in [0.15, 0.2) is 41.2 Å².